The van der Waals surface area contributed by atoms with Crippen LogP contribution in [0.4, 0.5) is 11.5 Å². The number of rotatable bonds is 4. The molecule has 0 aliphatic carbocycles. The SMILES string of the molecule is CC[C@H](C)C(=O)Nc1ccc(N2CCCC2)cn1. The van der Waals surface area contributed by atoms with Gasteiger partial charge in [-0.25, -0.2) is 4.98 Å². The highest BCUT2D eigenvalue weighted by molar-refractivity contribution is 5.91. The van der Waals surface area contributed by atoms with Gasteiger partial charge in [-0.15, -0.1) is 0 Å². The molecule has 0 spiro atoms. The second kappa shape index (κ2) is 5.85. The topological polar surface area (TPSA) is 45.2 Å². The van der Waals surface area contributed by atoms with Crippen LogP contribution in [0.15, 0.2) is 18.3 Å². The number of aromatic nitrogens is 1. The molecule has 0 bridgehead atoms. The fraction of sp³-hybridized carbons (Fsp3) is 0.571. The minimum absolute atomic E-state index is 0.0325. The molecule has 4 heteroatoms. The van der Waals surface area contributed by atoms with Gasteiger partial charge in [0.2, 0.25) is 5.91 Å². The molecule has 1 fully saturated rings. The number of carbonyl (C=O) groups excluding carboxylic acids is 1. The Hall–Kier alpha value is -1.58. The lowest BCUT2D eigenvalue weighted by Crippen LogP contribution is -2.21. The van der Waals surface area contributed by atoms with Gasteiger partial charge in [0.15, 0.2) is 0 Å². The highest BCUT2D eigenvalue weighted by atomic mass is 16.1. The third kappa shape index (κ3) is 3.00. The normalized spacial score (nSPS) is 16.7. The highest BCUT2D eigenvalue weighted by Gasteiger charge is 2.14. The van der Waals surface area contributed by atoms with Crippen molar-refractivity contribution in [2.45, 2.75) is 33.1 Å². The van der Waals surface area contributed by atoms with Crippen LogP contribution in [0, 0.1) is 5.92 Å². The first kappa shape index (κ1) is 12.9. The van der Waals surface area contributed by atoms with Crippen molar-refractivity contribution in [2.24, 2.45) is 5.92 Å². The van der Waals surface area contributed by atoms with Crippen LogP contribution in [0.1, 0.15) is 33.1 Å². The molecule has 1 aliphatic heterocycles. The van der Waals surface area contributed by atoms with Crippen molar-refractivity contribution in [1.82, 2.24) is 4.98 Å². The van der Waals surface area contributed by atoms with Crippen LogP contribution >= 0.6 is 0 Å². The molecule has 0 radical (unpaired) electrons. The molecule has 98 valence electrons. The number of carbonyl (C=O) groups is 1. The van der Waals surface area contributed by atoms with E-state index in [-0.39, 0.29) is 11.8 Å². The van der Waals surface area contributed by atoms with Gasteiger partial charge in [-0.2, -0.15) is 0 Å². The minimum atomic E-state index is 0.0325. The predicted molar refractivity (Wildman–Crippen MR) is 73.8 cm³/mol. The van der Waals surface area contributed by atoms with E-state index in [1.54, 1.807) is 0 Å². The Bertz CT molecular complexity index is 396. The van der Waals surface area contributed by atoms with E-state index in [0.29, 0.717) is 5.82 Å². The first-order valence-electron chi connectivity index (χ1n) is 6.72. The van der Waals surface area contributed by atoms with Crippen molar-refractivity contribution >= 4 is 17.4 Å². The van der Waals surface area contributed by atoms with Crippen LogP contribution < -0.4 is 10.2 Å². The predicted octanol–water partition coefficient (Wildman–Crippen LogP) is 2.67. The van der Waals surface area contributed by atoms with Crippen molar-refractivity contribution in [2.75, 3.05) is 23.3 Å². The van der Waals surface area contributed by atoms with Gasteiger partial charge < -0.3 is 10.2 Å². The van der Waals surface area contributed by atoms with E-state index in [1.807, 2.05) is 32.2 Å². The van der Waals surface area contributed by atoms with E-state index in [2.05, 4.69) is 15.2 Å². The molecule has 1 amide bonds. The van der Waals surface area contributed by atoms with Crippen LogP contribution in [-0.2, 0) is 4.79 Å². The quantitative estimate of drug-likeness (QED) is 0.889. The number of anilines is 2. The van der Waals surface area contributed by atoms with Crippen molar-refractivity contribution in [1.29, 1.82) is 0 Å². The van der Waals surface area contributed by atoms with Crippen molar-refractivity contribution in [3.63, 3.8) is 0 Å². The lowest BCUT2D eigenvalue weighted by atomic mass is 10.1. The minimum Gasteiger partial charge on any atom is -0.370 e. The van der Waals surface area contributed by atoms with Gasteiger partial charge in [0.1, 0.15) is 5.82 Å². The molecule has 2 heterocycles. The molecular formula is C14H21N3O. The summed E-state index contributed by atoms with van der Waals surface area (Å²) in [6.45, 7) is 6.16. The zero-order valence-corrected chi connectivity index (χ0v) is 11.1. The number of pyridine rings is 1. The molecule has 1 saturated heterocycles. The van der Waals surface area contributed by atoms with Gasteiger partial charge in [0.05, 0.1) is 11.9 Å². The first-order chi connectivity index (χ1) is 8.70. The summed E-state index contributed by atoms with van der Waals surface area (Å²) in [5.41, 5.74) is 1.15. The lowest BCUT2D eigenvalue weighted by Gasteiger charge is -2.17. The van der Waals surface area contributed by atoms with E-state index >= 15 is 0 Å². The van der Waals surface area contributed by atoms with E-state index in [1.165, 1.54) is 12.8 Å². The van der Waals surface area contributed by atoms with Gasteiger partial charge in [-0.3, -0.25) is 4.79 Å². The monoisotopic (exact) mass is 247 g/mol. The Kier molecular flexibility index (Phi) is 4.18. The fourth-order valence-corrected chi connectivity index (χ4v) is 2.06. The van der Waals surface area contributed by atoms with Gasteiger partial charge in [0.25, 0.3) is 0 Å². The molecule has 1 atom stereocenters. The van der Waals surface area contributed by atoms with Crippen molar-refractivity contribution in [3.8, 4) is 0 Å². The average Bonchev–Trinajstić information content (AvgIpc) is 2.92. The summed E-state index contributed by atoms with van der Waals surface area (Å²) < 4.78 is 0. The van der Waals surface area contributed by atoms with Crippen LogP contribution in [0.5, 0.6) is 0 Å². The van der Waals surface area contributed by atoms with Gasteiger partial charge >= 0.3 is 0 Å². The third-order valence-electron chi connectivity index (χ3n) is 3.53. The summed E-state index contributed by atoms with van der Waals surface area (Å²) in [6.07, 6.45) is 5.20. The molecule has 1 aliphatic rings. The summed E-state index contributed by atoms with van der Waals surface area (Å²) in [4.78, 5) is 18.4. The molecule has 18 heavy (non-hydrogen) atoms. The van der Waals surface area contributed by atoms with E-state index in [4.69, 9.17) is 0 Å². The Morgan fingerprint density at radius 1 is 1.44 bits per heavy atom. The third-order valence-corrected chi connectivity index (χ3v) is 3.53. The molecule has 0 aromatic carbocycles. The number of nitrogens with zero attached hydrogens (tertiary/aromatic N) is 2. The number of hydrogen-bond acceptors (Lipinski definition) is 3. The fourth-order valence-electron chi connectivity index (χ4n) is 2.06. The van der Waals surface area contributed by atoms with E-state index in [0.717, 1.165) is 25.2 Å². The second-order valence-electron chi connectivity index (χ2n) is 4.89. The molecular weight excluding hydrogens is 226 g/mol. The van der Waals surface area contributed by atoms with Crippen molar-refractivity contribution < 1.29 is 4.79 Å². The molecule has 1 aromatic heterocycles. The van der Waals surface area contributed by atoms with Crippen LogP contribution in [-0.4, -0.2) is 24.0 Å². The summed E-state index contributed by atoms with van der Waals surface area (Å²) in [5, 5.41) is 2.84. The highest BCUT2D eigenvalue weighted by Crippen LogP contribution is 2.20. The number of nitrogens with one attached hydrogen (secondary N) is 1. The maximum Gasteiger partial charge on any atom is 0.228 e. The van der Waals surface area contributed by atoms with Crippen LogP contribution in [0.2, 0.25) is 0 Å². The standard InChI is InChI=1S/C14H21N3O/c1-3-11(2)14(18)16-13-7-6-12(10-15-13)17-8-4-5-9-17/h6-7,10-11H,3-5,8-9H2,1-2H3,(H,15,16,18)/t11-/m0/s1. The van der Waals surface area contributed by atoms with Gasteiger partial charge in [-0.05, 0) is 31.4 Å². The van der Waals surface area contributed by atoms with Crippen LogP contribution in [0.25, 0.3) is 0 Å². The zero-order chi connectivity index (χ0) is 13.0. The second-order valence-corrected chi connectivity index (χ2v) is 4.89. The lowest BCUT2D eigenvalue weighted by molar-refractivity contribution is -0.119. The largest absolute Gasteiger partial charge is 0.370 e. The number of amides is 1. The van der Waals surface area contributed by atoms with Gasteiger partial charge in [-0.1, -0.05) is 13.8 Å². The summed E-state index contributed by atoms with van der Waals surface area (Å²) >= 11 is 0. The molecule has 2 rings (SSSR count). The number of hydrogen-bond donors (Lipinski definition) is 1. The summed E-state index contributed by atoms with van der Waals surface area (Å²) in [5.74, 6) is 0.715. The van der Waals surface area contributed by atoms with Crippen molar-refractivity contribution in [3.05, 3.63) is 18.3 Å². The first-order valence-corrected chi connectivity index (χ1v) is 6.72. The Labute approximate surface area is 108 Å². The Morgan fingerprint density at radius 3 is 2.72 bits per heavy atom. The molecule has 0 unspecified atom stereocenters. The summed E-state index contributed by atoms with van der Waals surface area (Å²) in [7, 11) is 0. The molecule has 4 nitrogen and oxygen atoms in total. The average molecular weight is 247 g/mol. The smallest absolute Gasteiger partial charge is 0.228 e. The van der Waals surface area contributed by atoms with E-state index in [9.17, 15) is 4.79 Å². The molecule has 1 N–H and O–H groups in total. The zero-order valence-electron chi connectivity index (χ0n) is 11.1. The van der Waals surface area contributed by atoms with Gasteiger partial charge in [0, 0.05) is 19.0 Å². The Morgan fingerprint density at radius 2 is 2.17 bits per heavy atom. The Balaban J connectivity index is 1.97. The summed E-state index contributed by atoms with van der Waals surface area (Å²) in [6, 6.07) is 3.92. The maximum atomic E-state index is 11.7. The maximum absolute atomic E-state index is 11.7. The molecule has 1 aromatic rings. The van der Waals surface area contributed by atoms with E-state index < -0.39 is 0 Å². The molecule has 0 saturated carbocycles. The van der Waals surface area contributed by atoms with Crippen LogP contribution in [0.3, 0.4) is 0 Å².